The quantitative estimate of drug-likeness (QED) is 0.558. The molecule has 0 saturated carbocycles. The van der Waals surface area contributed by atoms with Gasteiger partial charge in [0.2, 0.25) is 0 Å². The fourth-order valence-electron chi connectivity index (χ4n) is 1.38. The van der Waals surface area contributed by atoms with Crippen LogP contribution in [0.4, 0.5) is 0 Å². The van der Waals surface area contributed by atoms with Crippen LogP contribution in [0.3, 0.4) is 0 Å². The van der Waals surface area contributed by atoms with E-state index in [9.17, 15) is 4.79 Å². The molecular formula is C11H12O3. The molecule has 0 aliphatic rings. The van der Waals surface area contributed by atoms with Gasteiger partial charge in [-0.15, -0.1) is 0 Å². The first-order chi connectivity index (χ1) is 6.54. The molecule has 1 aromatic rings. The number of aryl methyl sites for hydroxylation is 2. The van der Waals surface area contributed by atoms with Crippen molar-refractivity contribution in [1.82, 2.24) is 0 Å². The Morgan fingerprint density at radius 3 is 2.07 bits per heavy atom. The minimum Gasteiger partial charge on any atom is -0.515 e. The number of carbonyl (C=O) groups is 1. The standard InChI is InChI=1S/C11H12O3/c1-7-3-8(2)5-9(4-7)10(6-12)11(13)14/h3-6,12H,1-2H3,(H,13,14). The zero-order chi connectivity index (χ0) is 10.7. The molecule has 0 bridgehead atoms. The van der Waals surface area contributed by atoms with Crippen molar-refractivity contribution in [3.63, 3.8) is 0 Å². The fraction of sp³-hybridized carbons (Fsp3) is 0.182. The van der Waals surface area contributed by atoms with E-state index in [-0.39, 0.29) is 5.57 Å². The molecule has 74 valence electrons. The summed E-state index contributed by atoms with van der Waals surface area (Å²) in [5.74, 6) is -1.13. The monoisotopic (exact) mass is 192 g/mol. The predicted octanol–water partition coefficient (Wildman–Crippen LogP) is 2.29. The Bertz CT molecular complexity index is 371. The summed E-state index contributed by atoms with van der Waals surface area (Å²) >= 11 is 0. The van der Waals surface area contributed by atoms with Crippen LogP contribution in [0.25, 0.3) is 5.57 Å². The van der Waals surface area contributed by atoms with E-state index in [1.807, 2.05) is 19.9 Å². The second-order valence-corrected chi connectivity index (χ2v) is 3.22. The first-order valence-corrected chi connectivity index (χ1v) is 4.21. The minimum absolute atomic E-state index is 0.0863. The summed E-state index contributed by atoms with van der Waals surface area (Å²) in [6.07, 6.45) is 0.622. The molecule has 0 heterocycles. The van der Waals surface area contributed by atoms with E-state index in [1.165, 1.54) is 0 Å². The zero-order valence-electron chi connectivity index (χ0n) is 8.11. The largest absolute Gasteiger partial charge is 0.515 e. The molecule has 0 fully saturated rings. The molecule has 0 amide bonds. The number of carboxylic acid groups (broad SMARTS) is 1. The Balaban J connectivity index is 3.24. The highest BCUT2D eigenvalue weighted by atomic mass is 16.4. The number of carboxylic acids is 1. The molecule has 14 heavy (non-hydrogen) atoms. The maximum Gasteiger partial charge on any atom is 0.339 e. The summed E-state index contributed by atoms with van der Waals surface area (Å²) in [7, 11) is 0. The number of aliphatic hydroxyl groups is 1. The Morgan fingerprint density at radius 1 is 1.21 bits per heavy atom. The van der Waals surface area contributed by atoms with Crippen LogP contribution in [0, 0.1) is 13.8 Å². The highest BCUT2D eigenvalue weighted by Crippen LogP contribution is 2.17. The molecule has 0 unspecified atom stereocenters. The molecule has 0 aliphatic heterocycles. The average molecular weight is 192 g/mol. The number of hydrogen-bond donors (Lipinski definition) is 2. The van der Waals surface area contributed by atoms with Crippen LogP contribution in [-0.4, -0.2) is 16.2 Å². The number of benzene rings is 1. The topological polar surface area (TPSA) is 57.5 Å². The lowest BCUT2D eigenvalue weighted by molar-refractivity contribution is -0.130. The van der Waals surface area contributed by atoms with Crippen molar-refractivity contribution in [2.24, 2.45) is 0 Å². The second-order valence-electron chi connectivity index (χ2n) is 3.22. The highest BCUT2D eigenvalue weighted by Gasteiger charge is 2.10. The minimum atomic E-state index is -1.13. The zero-order valence-corrected chi connectivity index (χ0v) is 8.11. The van der Waals surface area contributed by atoms with E-state index in [0.29, 0.717) is 11.8 Å². The van der Waals surface area contributed by atoms with Crippen molar-refractivity contribution in [2.45, 2.75) is 13.8 Å². The maximum atomic E-state index is 10.7. The summed E-state index contributed by atoms with van der Waals surface area (Å²) < 4.78 is 0. The molecule has 0 spiro atoms. The summed E-state index contributed by atoms with van der Waals surface area (Å²) in [5, 5.41) is 17.6. The van der Waals surface area contributed by atoms with E-state index in [4.69, 9.17) is 10.2 Å². The third kappa shape index (κ3) is 2.13. The van der Waals surface area contributed by atoms with Crippen molar-refractivity contribution < 1.29 is 15.0 Å². The Hall–Kier alpha value is -1.77. The van der Waals surface area contributed by atoms with E-state index in [0.717, 1.165) is 11.1 Å². The van der Waals surface area contributed by atoms with Gasteiger partial charge in [-0.1, -0.05) is 29.3 Å². The van der Waals surface area contributed by atoms with Crippen molar-refractivity contribution in [1.29, 1.82) is 0 Å². The van der Waals surface area contributed by atoms with Crippen molar-refractivity contribution in [2.75, 3.05) is 0 Å². The van der Waals surface area contributed by atoms with Gasteiger partial charge in [0.15, 0.2) is 0 Å². The summed E-state index contributed by atoms with van der Waals surface area (Å²) in [5.41, 5.74) is 2.38. The SMILES string of the molecule is Cc1cc(C)cc(C(=CO)C(=O)O)c1. The normalized spacial score (nSPS) is 11.4. The third-order valence-corrected chi connectivity index (χ3v) is 1.89. The molecule has 3 heteroatoms. The van der Waals surface area contributed by atoms with E-state index in [1.54, 1.807) is 12.1 Å². The summed E-state index contributed by atoms with van der Waals surface area (Å²) in [6.45, 7) is 3.76. The Labute approximate surface area is 82.3 Å². The van der Waals surface area contributed by atoms with Crippen LogP contribution < -0.4 is 0 Å². The van der Waals surface area contributed by atoms with Crippen LogP contribution in [0.2, 0.25) is 0 Å². The van der Waals surface area contributed by atoms with Gasteiger partial charge < -0.3 is 10.2 Å². The molecule has 1 rings (SSSR count). The van der Waals surface area contributed by atoms with Crippen LogP contribution in [-0.2, 0) is 4.79 Å². The van der Waals surface area contributed by atoms with E-state index >= 15 is 0 Å². The Morgan fingerprint density at radius 2 is 1.71 bits per heavy atom. The summed E-state index contributed by atoms with van der Waals surface area (Å²) in [4.78, 5) is 10.7. The molecule has 0 saturated heterocycles. The van der Waals surface area contributed by atoms with Crippen LogP contribution in [0.1, 0.15) is 16.7 Å². The Kier molecular flexibility index (Phi) is 2.92. The highest BCUT2D eigenvalue weighted by molar-refractivity contribution is 6.15. The van der Waals surface area contributed by atoms with Gasteiger partial charge in [-0.2, -0.15) is 0 Å². The lowest BCUT2D eigenvalue weighted by atomic mass is 10.0. The van der Waals surface area contributed by atoms with Crippen LogP contribution in [0.5, 0.6) is 0 Å². The van der Waals surface area contributed by atoms with Crippen molar-refractivity contribution in [3.8, 4) is 0 Å². The lowest BCUT2D eigenvalue weighted by Gasteiger charge is -2.04. The van der Waals surface area contributed by atoms with Gasteiger partial charge >= 0.3 is 5.97 Å². The van der Waals surface area contributed by atoms with Gasteiger partial charge in [0.05, 0.1) is 6.26 Å². The molecule has 0 aromatic heterocycles. The molecule has 0 aliphatic carbocycles. The number of hydrogen-bond acceptors (Lipinski definition) is 2. The van der Waals surface area contributed by atoms with E-state index < -0.39 is 5.97 Å². The molecule has 3 nitrogen and oxygen atoms in total. The summed E-state index contributed by atoms with van der Waals surface area (Å²) in [6, 6.07) is 5.40. The number of aliphatic carboxylic acids is 1. The van der Waals surface area contributed by atoms with Crippen molar-refractivity contribution >= 4 is 11.5 Å². The smallest absolute Gasteiger partial charge is 0.339 e. The predicted molar refractivity (Wildman–Crippen MR) is 54.2 cm³/mol. The molecule has 1 aromatic carbocycles. The van der Waals surface area contributed by atoms with Gasteiger partial charge in [-0.3, -0.25) is 0 Å². The molecule has 0 atom stereocenters. The first kappa shape index (κ1) is 10.3. The fourth-order valence-corrected chi connectivity index (χ4v) is 1.38. The number of aliphatic hydroxyl groups excluding tert-OH is 1. The molecule has 2 N–H and O–H groups in total. The molecular weight excluding hydrogens is 180 g/mol. The van der Waals surface area contributed by atoms with Crippen molar-refractivity contribution in [3.05, 3.63) is 41.2 Å². The van der Waals surface area contributed by atoms with Gasteiger partial charge in [0.1, 0.15) is 5.57 Å². The van der Waals surface area contributed by atoms with Gasteiger partial charge in [0.25, 0.3) is 0 Å². The first-order valence-electron chi connectivity index (χ1n) is 4.21. The van der Waals surface area contributed by atoms with Gasteiger partial charge in [0, 0.05) is 0 Å². The van der Waals surface area contributed by atoms with E-state index in [2.05, 4.69) is 0 Å². The van der Waals surface area contributed by atoms with Gasteiger partial charge in [-0.25, -0.2) is 4.79 Å². The van der Waals surface area contributed by atoms with Crippen LogP contribution in [0.15, 0.2) is 24.5 Å². The molecule has 0 radical (unpaired) electrons. The second kappa shape index (κ2) is 3.96. The lowest BCUT2D eigenvalue weighted by Crippen LogP contribution is -2.00. The third-order valence-electron chi connectivity index (χ3n) is 1.89. The maximum absolute atomic E-state index is 10.7. The average Bonchev–Trinajstić information content (AvgIpc) is 2.02. The van der Waals surface area contributed by atoms with Crippen LogP contribution >= 0.6 is 0 Å². The van der Waals surface area contributed by atoms with Gasteiger partial charge in [-0.05, 0) is 19.4 Å². The number of rotatable bonds is 2.